The van der Waals surface area contributed by atoms with Crippen LogP contribution in [0.4, 0.5) is 0 Å². The van der Waals surface area contributed by atoms with E-state index in [1.54, 1.807) is 0 Å². The number of ether oxygens (including phenoxy) is 2. The van der Waals surface area contributed by atoms with E-state index in [0.29, 0.717) is 19.6 Å². The smallest absolute Gasteiger partial charge is 0.220 e. The van der Waals surface area contributed by atoms with E-state index in [0.717, 1.165) is 37.2 Å². The first-order valence-corrected chi connectivity index (χ1v) is 8.93. The molecule has 2 aromatic rings. The molecule has 1 atom stereocenters. The van der Waals surface area contributed by atoms with Crippen molar-refractivity contribution in [1.82, 2.24) is 5.32 Å². The molecule has 4 nitrogen and oxygen atoms in total. The molecule has 1 aliphatic heterocycles. The first kappa shape index (κ1) is 17.5. The fourth-order valence-electron chi connectivity index (χ4n) is 2.86. The third kappa shape index (κ3) is 5.91. The minimum Gasteiger partial charge on any atom is -0.491 e. The monoisotopic (exact) mass is 339 g/mol. The van der Waals surface area contributed by atoms with Gasteiger partial charge in [-0.1, -0.05) is 42.5 Å². The van der Waals surface area contributed by atoms with E-state index in [1.807, 2.05) is 54.6 Å². The predicted molar refractivity (Wildman–Crippen MR) is 97.5 cm³/mol. The number of amides is 1. The maximum absolute atomic E-state index is 12.0. The van der Waals surface area contributed by atoms with Crippen LogP contribution in [0, 0.1) is 0 Å². The molecule has 132 valence electrons. The predicted octanol–water partition coefficient (Wildman–Crippen LogP) is 3.49. The molecule has 0 aliphatic carbocycles. The van der Waals surface area contributed by atoms with E-state index in [1.165, 1.54) is 5.56 Å². The second kappa shape index (κ2) is 9.23. The Balaban J connectivity index is 1.36. The van der Waals surface area contributed by atoms with E-state index in [-0.39, 0.29) is 12.0 Å². The average molecular weight is 339 g/mol. The van der Waals surface area contributed by atoms with Gasteiger partial charge in [0.2, 0.25) is 5.91 Å². The molecule has 0 aromatic heterocycles. The number of benzene rings is 2. The SMILES string of the molecule is O=C(CCc1ccccc1)NCc1ccc(OC[C@@H]2CCCO2)cc1. The van der Waals surface area contributed by atoms with Crippen molar-refractivity contribution >= 4 is 5.91 Å². The lowest BCUT2D eigenvalue weighted by atomic mass is 10.1. The maximum atomic E-state index is 12.0. The van der Waals surface area contributed by atoms with E-state index >= 15 is 0 Å². The van der Waals surface area contributed by atoms with Crippen molar-refractivity contribution in [2.24, 2.45) is 0 Å². The summed E-state index contributed by atoms with van der Waals surface area (Å²) in [4.78, 5) is 12.0. The van der Waals surface area contributed by atoms with Crippen LogP contribution >= 0.6 is 0 Å². The Morgan fingerprint density at radius 1 is 1.08 bits per heavy atom. The van der Waals surface area contributed by atoms with Gasteiger partial charge in [0.15, 0.2) is 0 Å². The van der Waals surface area contributed by atoms with Crippen LogP contribution in [0.2, 0.25) is 0 Å². The highest BCUT2D eigenvalue weighted by Crippen LogP contribution is 2.16. The molecule has 0 saturated carbocycles. The number of carbonyl (C=O) groups excluding carboxylic acids is 1. The van der Waals surface area contributed by atoms with Gasteiger partial charge >= 0.3 is 0 Å². The van der Waals surface area contributed by atoms with Crippen molar-refractivity contribution in [3.8, 4) is 5.75 Å². The van der Waals surface area contributed by atoms with Crippen LogP contribution in [0.15, 0.2) is 54.6 Å². The topological polar surface area (TPSA) is 47.6 Å². The Morgan fingerprint density at radius 3 is 2.60 bits per heavy atom. The lowest BCUT2D eigenvalue weighted by Gasteiger charge is -2.12. The van der Waals surface area contributed by atoms with Crippen molar-refractivity contribution in [3.05, 3.63) is 65.7 Å². The second-order valence-corrected chi connectivity index (χ2v) is 6.35. The number of hydrogen-bond acceptors (Lipinski definition) is 3. The van der Waals surface area contributed by atoms with Crippen molar-refractivity contribution in [1.29, 1.82) is 0 Å². The number of hydrogen-bond donors (Lipinski definition) is 1. The number of rotatable bonds is 8. The van der Waals surface area contributed by atoms with Gasteiger partial charge in [-0.05, 0) is 42.5 Å². The first-order chi connectivity index (χ1) is 12.3. The fraction of sp³-hybridized carbons (Fsp3) is 0.381. The number of aryl methyl sites for hydroxylation is 1. The maximum Gasteiger partial charge on any atom is 0.220 e. The van der Waals surface area contributed by atoms with Gasteiger partial charge in [0.1, 0.15) is 12.4 Å². The van der Waals surface area contributed by atoms with Crippen molar-refractivity contribution in [2.75, 3.05) is 13.2 Å². The van der Waals surface area contributed by atoms with Crippen molar-refractivity contribution in [2.45, 2.75) is 38.3 Å². The Hall–Kier alpha value is -2.33. The summed E-state index contributed by atoms with van der Waals surface area (Å²) in [6.45, 7) is 1.99. The zero-order valence-electron chi connectivity index (χ0n) is 14.4. The summed E-state index contributed by atoms with van der Waals surface area (Å²) in [7, 11) is 0. The van der Waals surface area contributed by atoms with Crippen LogP contribution in [0.3, 0.4) is 0 Å². The van der Waals surface area contributed by atoms with Crippen LogP contribution in [-0.4, -0.2) is 25.2 Å². The number of nitrogens with one attached hydrogen (secondary N) is 1. The van der Waals surface area contributed by atoms with E-state index in [2.05, 4.69) is 5.32 Å². The quantitative estimate of drug-likeness (QED) is 0.801. The minimum absolute atomic E-state index is 0.0718. The summed E-state index contributed by atoms with van der Waals surface area (Å²) >= 11 is 0. The third-order valence-corrected chi connectivity index (χ3v) is 4.36. The molecule has 1 saturated heterocycles. The molecule has 1 N–H and O–H groups in total. The molecule has 0 radical (unpaired) electrons. The molecule has 0 unspecified atom stereocenters. The van der Waals surface area contributed by atoms with Crippen LogP contribution in [0.25, 0.3) is 0 Å². The molecule has 0 spiro atoms. The molecule has 2 aromatic carbocycles. The number of carbonyl (C=O) groups is 1. The molecular weight excluding hydrogens is 314 g/mol. The molecule has 0 bridgehead atoms. The standard InChI is InChI=1S/C21H25NO3/c23-21(13-10-17-5-2-1-3-6-17)22-15-18-8-11-19(12-9-18)25-16-20-7-4-14-24-20/h1-3,5-6,8-9,11-12,20H,4,7,10,13-16H2,(H,22,23)/t20-/m0/s1. The van der Waals surface area contributed by atoms with Gasteiger partial charge < -0.3 is 14.8 Å². The summed E-state index contributed by atoms with van der Waals surface area (Å²) in [5, 5.41) is 2.97. The van der Waals surface area contributed by atoms with Gasteiger partial charge in [0.05, 0.1) is 6.10 Å². The van der Waals surface area contributed by atoms with Crippen molar-refractivity contribution in [3.63, 3.8) is 0 Å². The highest BCUT2D eigenvalue weighted by molar-refractivity contribution is 5.76. The summed E-state index contributed by atoms with van der Waals surface area (Å²) < 4.78 is 11.3. The Labute approximate surface area is 149 Å². The fourth-order valence-corrected chi connectivity index (χ4v) is 2.86. The highest BCUT2D eigenvalue weighted by atomic mass is 16.5. The van der Waals surface area contributed by atoms with Crippen LogP contribution < -0.4 is 10.1 Å². The Bertz CT molecular complexity index is 649. The van der Waals surface area contributed by atoms with Crippen molar-refractivity contribution < 1.29 is 14.3 Å². The van der Waals surface area contributed by atoms with Crippen LogP contribution in [-0.2, 0) is 22.5 Å². The van der Waals surface area contributed by atoms with Crippen LogP contribution in [0.1, 0.15) is 30.4 Å². The largest absolute Gasteiger partial charge is 0.491 e. The molecule has 3 rings (SSSR count). The molecule has 25 heavy (non-hydrogen) atoms. The van der Waals surface area contributed by atoms with E-state index in [4.69, 9.17) is 9.47 Å². The van der Waals surface area contributed by atoms with E-state index in [9.17, 15) is 4.79 Å². The molecule has 4 heteroatoms. The third-order valence-electron chi connectivity index (χ3n) is 4.36. The lowest BCUT2D eigenvalue weighted by molar-refractivity contribution is -0.121. The van der Waals surface area contributed by atoms with E-state index < -0.39 is 0 Å². The summed E-state index contributed by atoms with van der Waals surface area (Å²) in [5.41, 5.74) is 2.25. The zero-order valence-corrected chi connectivity index (χ0v) is 14.4. The lowest BCUT2D eigenvalue weighted by Crippen LogP contribution is -2.23. The summed E-state index contributed by atoms with van der Waals surface area (Å²) in [6, 6.07) is 17.9. The van der Waals surface area contributed by atoms with Gasteiger partial charge in [-0.25, -0.2) is 0 Å². The Morgan fingerprint density at radius 2 is 1.88 bits per heavy atom. The normalized spacial score (nSPS) is 16.6. The molecular formula is C21H25NO3. The molecule has 1 aliphatic rings. The van der Waals surface area contributed by atoms with Gasteiger partial charge in [0.25, 0.3) is 0 Å². The van der Waals surface area contributed by atoms with Gasteiger partial charge in [-0.15, -0.1) is 0 Å². The zero-order chi connectivity index (χ0) is 17.3. The van der Waals surface area contributed by atoms with Gasteiger partial charge in [-0.2, -0.15) is 0 Å². The average Bonchev–Trinajstić information content (AvgIpc) is 3.18. The highest BCUT2D eigenvalue weighted by Gasteiger charge is 2.15. The summed E-state index contributed by atoms with van der Waals surface area (Å²) in [6.07, 6.45) is 3.70. The minimum atomic E-state index is 0.0718. The summed E-state index contributed by atoms with van der Waals surface area (Å²) in [5.74, 6) is 0.914. The molecule has 1 heterocycles. The van der Waals surface area contributed by atoms with Gasteiger partial charge in [-0.3, -0.25) is 4.79 Å². The van der Waals surface area contributed by atoms with Crippen LogP contribution in [0.5, 0.6) is 5.75 Å². The molecule has 1 fully saturated rings. The van der Waals surface area contributed by atoms with Gasteiger partial charge in [0, 0.05) is 19.6 Å². The first-order valence-electron chi connectivity index (χ1n) is 8.93. The molecule has 1 amide bonds. The second-order valence-electron chi connectivity index (χ2n) is 6.35. The Kier molecular flexibility index (Phi) is 6.46.